The number of nitrogens with zero attached hydrogens (tertiary/aromatic N) is 3. The number of nitrogens with one attached hydrogen (secondary N) is 1. The summed E-state index contributed by atoms with van der Waals surface area (Å²) in [6.07, 6.45) is 2.52. The Kier molecular flexibility index (Phi) is 2.49. The Morgan fingerprint density at radius 2 is 1.96 bits per heavy atom. The van der Waals surface area contributed by atoms with Gasteiger partial charge in [0, 0.05) is 18.5 Å². The van der Waals surface area contributed by atoms with E-state index in [4.69, 9.17) is 9.97 Å². The van der Waals surface area contributed by atoms with Gasteiger partial charge in [-0.3, -0.25) is 0 Å². The molecule has 4 aromatic rings. The topological polar surface area (TPSA) is 46.5 Å². The minimum atomic E-state index is 0.640. The molecule has 0 atom stereocenters. The maximum absolute atomic E-state index is 4.81. The number of para-hydroxylation sites is 2. The minimum absolute atomic E-state index is 0.640. The van der Waals surface area contributed by atoms with Gasteiger partial charge >= 0.3 is 0 Å². The molecule has 4 heteroatoms. The molecule has 2 heterocycles. The molecule has 23 heavy (non-hydrogen) atoms. The van der Waals surface area contributed by atoms with E-state index in [1.807, 2.05) is 6.07 Å². The molecule has 2 aromatic heterocycles. The van der Waals surface area contributed by atoms with Gasteiger partial charge in [-0.25, -0.2) is 9.97 Å². The van der Waals surface area contributed by atoms with Crippen LogP contribution in [0.25, 0.3) is 33.5 Å². The number of aromatic amines is 1. The molecule has 1 N–H and O–H groups in total. The van der Waals surface area contributed by atoms with Gasteiger partial charge < -0.3 is 9.55 Å². The van der Waals surface area contributed by atoms with Crippen LogP contribution >= 0.6 is 0 Å². The van der Waals surface area contributed by atoms with Crippen molar-refractivity contribution >= 4 is 22.1 Å². The zero-order chi connectivity index (χ0) is 15.6. The van der Waals surface area contributed by atoms with Gasteiger partial charge in [-0.15, -0.1) is 0 Å². The van der Waals surface area contributed by atoms with E-state index in [1.165, 1.54) is 18.4 Å². The number of H-pyrrole nitrogens is 1. The maximum atomic E-state index is 4.81. The second kappa shape index (κ2) is 4.44. The molecule has 1 aliphatic rings. The van der Waals surface area contributed by atoms with E-state index in [2.05, 4.69) is 53.9 Å². The number of aryl methyl sites for hydroxylation is 2. The number of imidazole rings is 2. The van der Waals surface area contributed by atoms with Crippen molar-refractivity contribution in [3.05, 3.63) is 47.8 Å². The van der Waals surface area contributed by atoms with E-state index >= 15 is 0 Å². The molecule has 0 aliphatic heterocycles. The third kappa shape index (κ3) is 1.91. The van der Waals surface area contributed by atoms with Crippen molar-refractivity contribution in [3.63, 3.8) is 0 Å². The normalized spacial score (nSPS) is 14.9. The van der Waals surface area contributed by atoms with E-state index in [0.717, 1.165) is 39.3 Å². The first-order valence-electron chi connectivity index (χ1n) is 8.13. The Morgan fingerprint density at radius 1 is 1.13 bits per heavy atom. The highest BCUT2D eigenvalue weighted by atomic mass is 15.1. The molecule has 114 valence electrons. The van der Waals surface area contributed by atoms with Crippen LogP contribution in [0, 0.1) is 6.92 Å². The van der Waals surface area contributed by atoms with Gasteiger partial charge in [-0.2, -0.15) is 0 Å². The van der Waals surface area contributed by atoms with Gasteiger partial charge in [0.1, 0.15) is 11.6 Å². The van der Waals surface area contributed by atoms with Gasteiger partial charge in [0.15, 0.2) is 0 Å². The standard InChI is InChI=1S/C19H18N4/c1-11-9-13(10-15-17(11)22-18(20-15)12-7-8-12)19-21-14-5-3-4-6-16(14)23(19)2/h3-6,9-10,12H,7-8H2,1-2H3,(H,20,22). The molecule has 5 rings (SSSR count). The maximum Gasteiger partial charge on any atom is 0.140 e. The van der Waals surface area contributed by atoms with Crippen molar-refractivity contribution in [1.82, 2.24) is 19.5 Å². The van der Waals surface area contributed by atoms with Crippen LogP contribution in [0.5, 0.6) is 0 Å². The number of hydrogen-bond acceptors (Lipinski definition) is 2. The smallest absolute Gasteiger partial charge is 0.140 e. The molecular weight excluding hydrogens is 284 g/mol. The van der Waals surface area contributed by atoms with Gasteiger partial charge in [-0.05, 0) is 49.6 Å². The number of aromatic nitrogens is 4. The summed E-state index contributed by atoms with van der Waals surface area (Å²) in [4.78, 5) is 13.1. The Morgan fingerprint density at radius 3 is 2.74 bits per heavy atom. The molecule has 0 amide bonds. The van der Waals surface area contributed by atoms with E-state index < -0.39 is 0 Å². The van der Waals surface area contributed by atoms with Gasteiger partial charge in [-0.1, -0.05) is 12.1 Å². The average Bonchev–Trinajstić information content (AvgIpc) is 3.23. The van der Waals surface area contributed by atoms with Crippen molar-refractivity contribution < 1.29 is 0 Å². The van der Waals surface area contributed by atoms with E-state index in [-0.39, 0.29) is 0 Å². The fraction of sp³-hybridized carbons (Fsp3) is 0.263. The van der Waals surface area contributed by atoms with Crippen molar-refractivity contribution in [2.24, 2.45) is 7.05 Å². The largest absolute Gasteiger partial charge is 0.342 e. The summed E-state index contributed by atoms with van der Waals surface area (Å²) < 4.78 is 2.16. The lowest BCUT2D eigenvalue weighted by Crippen LogP contribution is -1.93. The van der Waals surface area contributed by atoms with E-state index in [1.54, 1.807) is 0 Å². The summed E-state index contributed by atoms with van der Waals surface area (Å²) >= 11 is 0. The van der Waals surface area contributed by atoms with Crippen LogP contribution in [0.3, 0.4) is 0 Å². The molecule has 0 saturated heterocycles. The molecular formula is C19H18N4. The second-order valence-electron chi connectivity index (χ2n) is 6.57. The fourth-order valence-electron chi connectivity index (χ4n) is 3.39. The number of rotatable bonds is 2. The highest BCUT2D eigenvalue weighted by Gasteiger charge is 2.27. The van der Waals surface area contributed by atoms with Crippen molar-refractivity contribution in [1.29, 1.82) is 0 Å². The SMILES string of the molecule is Cc1cc(-c2nc3ccccc3n2C)cc2[nH]c(C3CC3)nc12. The summed E-state index contributed by atoms with van der Waals surface area (Å²) in [7, 11) is 2.08. The van der Waals surface area contributed by atoms with Crippen LogP contribution in [-0.2, 0) is 7.05 Å². The van der Waals surface area contributed by atoms with Crippen LogP contribution in [0.15, 0.2) is 36.4 Å². The predicted molar refractivity (Wildman–Crippen MR) is 92.5 cm³/mol. The Labute approximate surface area is 134 Å². The van der Waals surface area contributed by atoms with Crippen LogP contribution < -0.4 is 0 Å². The molecule has 0 spiro atoms. The summed E-state index contributed by atoms with van der Waals surface area (Å²) in [6.45, 7) is 2.13. The fourth-order valence-corrected chi connectivity index (χ4v) is 3.39. The van der Waals surface area contributed by atoms with E-state index in [0.29, 0.717) is 5.92 Å². The molecule has 1 saturated carbocycles. The van der Waals surface area contributed by atoms with Crippen molar-refractivity contribution in [3.8, 4) is 11.4 Å². The zero-order valence-corrected chi connectivity index (χ0v) is 13.3. The van der Waals surface area contributed by atoms with Crippen molar-refractivity contribution in [2.45, 2.75) is 25.7 Å². The summed E-state index contributed by atoms with van der Waals surface area (Å²) in [6, 6.07) is 12.6. The van der Waals surface area contributed by atoms with Crippen LogP contribution in [-0.4, -0.2) is 19.5 Å². The van der Waals surface area contributed by atoms with Gasteiger partial charge in [0.05, 0.1) is 22.1 Å². The average molecular weight is 302 g/mol. The first-order valence-corrected chi connectivity index (χ1v) is 8.13. The lowest BCUT2D eigenvalue weighted by molar-refractivity contribution is 0.959. The summed E-state index contributed by atoms with van der Waals surface area (Å²) in [5.41, 5.74) is 6.74. The summed E-state index contributed by atoms with van der Waals surface area (Å²) in [5.74, 6) is 2.78. The molecule has 1 fully saturated rings. The lowest BCUT2D eigenvalue weighted by atomic mass is 10.1. The third-order valence-electron chi connectivity index (χ3n) is 4.80. The molecule has 4 nitrogen and oxygen atoms in total. The van der Waals surface area contributed by atoms with Gasteiger partial charge in [0.25, 0.3) is 0 Å². The predicted octanol–water partition coefficient (Wildman–Crippen LogP) is 4.30. The van der Waals surface area contributed by atoms with Crippen molar-refractivity contribution in [2.75, 3.05) is 0 Å². The first kappa shape index (κ1) is 12.9. The number of benzene rings is 2. The Balaban J connectivity index is 1.73. The number of fused-ring (bicyclic) bond motifs is 2. The van der Waals surface area contributed by atoms with E-state index in [9.17, 15) is 0 Å². The quantitative estimate of drug-likeness (QED) is 0.600. The second-order valence-corrected chi connectivity index (χ2v) is 6.57. The van der Waals surface area contributed by atoms with Gasteiger partial charge in [0.2, 0.25) is 0 Å². The molecule has 0 bridgehead atoms. The highest BCUT2D eigenvalue weighted by Crippen LogP contribution is 2.39. The Hall–Kier alpha value is -2.62. The summed E-state index contributed by atoms with van der Waals surface area (Å²) in [5, 5.41) is 0. The zero-order valence-electron chi connectivity index (χ0n) is 13.3. The Bertz CT molecular complexity index is 1050. The van der Waals surface area contributed by atoms with Crippen LogP contribution in [0.1, 0.15) is 30.1 Å². The monoisotopic (exact) mass is 302 g/mol. The first-order chi connectivity index (χ1) is 11.2. The van der Waals surface area contributed by atoms with Crippen LogP contribution in [0.4, 0.5) is 0 Å². The lowest BCUT2D eigenvalue weighted by Gasteiger charge is -2.04. The third-order valence-corrected chi connectivity index (χ3v) is 4.80. The molecule has 0 unspecified atom stereocenters. The number of hydrogen-bond donors (Lipinski definition) is 1. The molecule has 0 radical (unpaired) electrons. The van der Waals surface area contributed by atoms with Crippen LogP contribution in [0.2, 0.25) is 0 Å². The molecule has 2 aromatic carbocycles. The highest BCUT2D eigenvalue weighted by molar-refractivity contribution is 5.86. The molecule has 1 aliphatic carbocycles. The minimum Gasteiger partial charge on any atom is -0.342 e.